The number of fused-ring (bicyclic) bond motifs is 1. The number of likely N-dealkylation sites (N-methyl/N-ethyl adjacent to an activating group) is 1. The van der Waals surface area contributed by atoms with Gasteiger partial charge in [0.2, 0.25) is 29.5 Å². The third kappa shape index (κ3) is 23.7. The highest BCUT2D eigenvalue weighted by Gasteiger charge is 2.23. The molecule has 25 nitrogen and oxygen atoms in total. The summed E-state index contributed by atoms with van der Waals surface area (Å²) in [6.07, 6.45) is 11.3. The van der Waals surface area contributed by atoms with Crippen molar-refractivity contribution in [1.29, 1.82) is 0 Å². The first kappa shape index (κ1) is 69.1. The number of H-pyrrole nitrogens is 1. The molecule has 0 spiro atoms. The molecule has 0 atom stereocenters. The number of aromatic amines is 1. The molecule has 5 amide bonds. The molecule has 0 unspecified atom stereocenters. The first-order valence-electron chi connectivity index (χ1n) is 22.9. The molecule has 81 heavy (non-hydrogen) atoms. The van der Waals surface area contributed by atoms with E-state index in [0.29, 0.717) is 54.9 Å². The number of carbonyl (C=O) groups is 6. The number of methoxy groups -OCH3 is 1. The number of benzene rings is 1. The van der Waals surface area contributed by atoms with E-state index >= 15 is 0 Å². The molecule has 0 aliphatic rings. The number of ether oxygens (including phenoxy) is 3. The molecule has 7 aromatic rings. The number of carbonyl (C=O) groups excluding carboxylic acids is 6. The number of nitrogens with one attached hydrogen (secondary N) is 3. The lowest BCUT2D eigenvalue weighted by Gasteiger charge is -2.19. The average Bonchev–Trinajstić information content (AvgIpc) is 3.80. The normalized spacial score (nSPS) is 10.0. The van der Waals surface area contributed by atoms with E-state index in [2.05, 4.69) is 104 Å². The number of imide groups is 1. The van der Waals surface area contributed by atoms with Crippen LogP contribution in [0.15, 0.2) is 113 Å². The Bertz CT molecular complexity index is 3410. The summed E-state index contributed by atoms with van der Waals surface area (Å²) >= 11 is 12.6. The molecule has 6 aromatic heterocycles. The Balaban J connectivity index is 0.000000373. The van der Waals surface area contributed by atoms with Crippen LogP contribution < -0.4 is 41.2 Å². The smallest absolute Gasteiger partial charge is 0.418 e. The molecular formula is C51H54Br4ClN11O14. The van der Waals surface area contributed by atoms with Crippen molar-refractivity contribution in [2.45, 2.75) is 54.5 Å². The van der Waals surface area contributed by atoms with Crippen LogP contribution in [-0.2, 0) is 35.3 Å². The van der Waals surface area contributed by atoms with Crippen LogP contribution in [0.25, 0.3) is 17.3 Å². The lowest BCUT2D eigenvalue weighted by atomic mass is 10.1. The van der Waals surface area contributed by atoms with Crippen molar-refractivity contribution in [2.24, 2.45) is 0 Å². The Morgan fingerprint density at radius 2 is 1.28 bits per heavy atom. The van der Waals surface area contributed by atoms with Gasteiger partial charge in [0.05, 0.1) is 13.7 Å². The number of hydrogen-bond donors (Lipinski definition) is 7. The molecule has 0 fully saturated rings. The monoisotopic (exact) mass is 1400 g/mol. The Kier molecular flexibility index (Phi) is 29.2. The number of para-hydroxylation sites is 1. The lowest BCUT2D eigenvalue weighted by molar-refractivity contribution is -0.132. The second-order valence-corrected chi connectivity index (χ2v) is 19.5. The number of aromatic hydroxyl groups is 3. The quantitative estimate of drug-likeness (QED) is 0.0442. The van der Waals surface area contributed by atoms with Crippen molar-refractivity contribution in [2.75, 3.05) is 42.0 Å². The maximum atomic E-state index is 12.5. The van der Waals surface area contributed by atoms with Gasteiger partial charge >= 0.3 is 11.7 Å². The maximum Gasteiger partial charge on any atom is 0.418 e. The van der Waals surface area contributed by atoms with Gasteiger partial charge in [0, 0.05) is 121 Å². The number of esters is 1. The highest BCUT2D eigenvalue weighted by Crippen LogP contribution is 2.33. The molecule has 0 bridgehead atoms. The van der Waals surface area contributed by atoms with Gasteiger partial charge in [0.25, 0.3) is 0 Å². The zero-order valence-electron chi connectivity index (χ0n) is 44.2. The fraction of sp³-hybridized carbons (Fsp3) is 0.216. The van der Waals surface area contributed by atoms with E-state index in [4.69, 9.17) is 29.5 Å². The number of anilines is 4. The summed E-state index contributed by atoms with van der Waals surface area (Å²) in [5, 5.41) is 32.8. The number of amides is 5. The van der Waals surface area contributed by atoms with Crippen LogP contribution in [0.1, 0.15) is 59.1 Å². The van der Waals surface area contributed by atoms with Crippen molar-refractivity contribution in [1.82, 2.24) is 34.8 Å². The molecule has 0 saturated carbocycles. The average molecular weight is 1400 g/mol. The molecule has 0 aliphatic heterocycles. The first-order chi connectivity index (χ1) is 37.7. The SMILES string of the molecule is CC(=O)Nc1ncc(Br)cc1O.CC(=O)Oc1cc(Br)cnc1N(C(C)=O)C(C)=O.CCCOc1c(CN(C)C(=O)/C=C/c2cnc(NC(C)=O)c(O)c2)cccc1OC.Cl.Nc1ncc(Br)cc1O.O=c1[nH]c2ncc(Br)cc2o1. The minimum Gasteiger partial charge on any atom is -0.504 e. The van der Waals surface area contributed by atoms with Gasteiger partial charge in [-0.3, -0.25) is 33.8 Å². The molecular weight excluding hydrogens is 1350 g/mol. The van der Waals surface area contributed by atoms with Gasteiger partial charge in [-0.2, -0.15) is 0 Å². The van der Waals surface area contributed by atoms with Gasteiger partial charge in [0.15, 0.2) is 69.0 Å². The zero-order chi connectivity index (χ0) is 59.8. The van der Waals surface area contributed by atoms with Gasteiger partial charge in [-0.15, -0.1) is 12.4 Å². The van der Waals surface area contributed by atoms with Crippen LogP contribution in [-0.4, -0.2) is 106 Å². The topological polar surface area (TPSA) is 358 Å². The number of oxazole rings is 1. The summed E-state index contributed by atoms with van der Waals surface area (Å²) in [4.78, 5) is 103. The van der Waals surface area contributed by atoms with E-state index in [0.717, 1.165) is 21.4 Å². The number of aromatic nitrogens is 6. The zero-order valence-corrected chi connectivity index (χ0v) is 51.4. The molecule has 0 saturated heterocycles. The van der Waals surface area contributed by atoms with Gasteiger partial charge in [-0.1, -0.05) is 19.1 Å². The number of pyridine rings is 5. The largest absolute Gasteiger partial charge is 0.504 e. The molecule has 1 aromatic carbocycles. The fourth-order valence-corrected chi connectivity index (χ4v) is 7.20. The van der Waals surface area contributed by atoms with E-state index in [9.17, 15) is 43.8 Å². The second-order valence-electron chi connectivity index (χ2n) is 15.9. The van der Waals surface area contributed by atoms with Crippen molar-refractivity contribution >= 4 is 152 Å². The Hall–Kier alpha value is -7.99. The van der Waals surface area contributed by atoms with Crippen LogP contribution in [0.3, 0.4) is 0 Å². The Labute approximate surface area is 502 Å². The van der Waals surface area contributed by atoms with E-state index < -0.39 is 23.5 Å². The van der Waals surface area contributed by atoms with Gasteiger partial charge in [-0.25, -0.2) is 34.6 Å². The Morgan fingerprint density at radius 1 is 0.741 bits per heavy atom. The lowest BCUT2D eigenvalue weighted by Crippen LogP contribution is -2.34. The molecule has 6 heterocycles. The van der Waals surface area contributed by atoms with Crippen LogP contribution in [0.5, 0.6) is 34.5 Å². The minimum atomic E-state index is -0.566. The number of rotatable bonds is 12. The van der Waals surface area contributed by atoms with Gasteiger partial charge in [-0.05, 0) is 106 Å². The predicted molar refractivity (Wildman–Crippen MR) is 317 cm³/mol. The van der Waals surface area contributed by atoms with Crippen LogP contribution in [0.4, 0.5) is 23.3 Å². The van der Waals surface area contributed by atoms with Crippen LogP contribution >= 0.6 is 76.1 Å². The number of hydrogen-bond acceptors (Lipinski definition) is 20. The molecule has 30 heteroatoms. The predicted octanol–water partition coefficient (Wildman–Crippen LogP) is 9.22. The summed E-state index contributed by atoms with van der Waals surface area (Å²) < 4.78 is 23.6. The maximum absolute atomic E-state index is 12.5. The Morgan fingerprint density at radius 3 is 1.81 bits per heavy atom. The van der Waals surface area contributed by atoms with Crippen LogP contribution in [0.2, 0.25) is 0 Å². The van der Waals surface area contributed by atoms with Crippen LogP contribution in [0, 0.1) is 0 Å². The number of nitrogens with two attached hydrogens (primary N) is 1. The molecule has 0 radical (unpaired) electrons. The number of nitrogen functional groups attached to an aromatic ring is 1. The standard InChI is InChI=1S/C22H27N3O5.C11H11BrN2O4.C7H7BrN2O2.C6H3BrN2O2.C5H5BrN2O.ClH/c1-5-11-30-21-17(7-6-8-19(21)29-4)14-25(3)20(28)10-9-16-12-18(27)22(23-13-16)24-15(2)26;1-6(15)14(7(2)16)11-10(18-8(3)17)4-9(12)5-13-11;1-4(11)10-7-6(12)2-5(8)3-9-7;7-3-1-4-5(8-2-3)9-6(10)11-4;6-3-1-4(9)5(7)8-2-3;/h6-10,12-13,27H,5,11,14H2,1-4H3,(H,23,24,26);4-5H,1-3H3;2-3,12H,1H3,(H,9,10,11);1-2H,(H,8,9,10);1-2,9H,(H2,7,8);1H/b10-9+;;;;;. The number of halogens is 5. The highest BCUT2D eigenvalue weighted by atomic mass is 79.9. The fourth-order valence-electron chi connectivity index (χ4n) is 5.94. The molecule has 8 N–H and O–H groups in total. The second kappa shape index (κ2) is 34.2. The molecule has 7 rings (SSSR count). The third-order valence-electron chi connectivity index (χ3n) is 9.25. The van der Waals surface area contributed by atoms with Crippen molar-refractivity contribution in [3.63, 3.8) is 0 Å². The van der Waals surface area contributed by atoms with E-state index in [1.54, 1.807) is 37.4 Å². The van der Waals surface area contributed by atoms with Crippen molar-refractivity contribution in [3.8, 4) is 34.5 Å². The summed E-state index contributed by atoms with van der Waals surface area (Å²) in [7, 11) is 3.27. The molecule has 432 valence electrons. The van der Waals surface area contributed by atoms with E-state index in [1.165, 1.54) is 89.7 Å². The third-order valence-corrected chi connectivity index (χ3v) is 11.0. The highest BCUT2D eigenvalue weighted by molar-refractivity contribution is 9.11. The summed E-state index contributed by atoms with van der Waals surface area (Å²) in [6.45, 7) is 9.25. The van der Waals surface area contributed by atoms with Crippen molar-refractivity contribution in [3.05, 3.63) is 125 Å². The van der Waals surface area contributed by atoms with Gasteiger partial charge in [0.1, 0.15) is 0 Å². The molecule has 0 aliphatic carbocycles. The number of nitrogens with zero attached hydrogens (tertiary/aromatic N) is 7. The van der Waals surface area contributed by atoms with Crippen molar-refractivity contribution < 1.29 is 62.7 Å². The van der Waals surface area contributed by atoms with Gasteiger partial charge < -0.3 is 55.2 Å². The minimum absolute atomic E-state index is 0. The van der Waals surface area contributed by atoms with E-state index in [-0.39, 0.29) is 76.4 Å². The summed E-state index contributed by atoms with van der Waals surface area (Å²) in [5.74, 6) is -1.44. The summed E-state index contributed by atoms with van der Waals surface area (Å²) in [6, 6.07) is 13.1. The summed E-state index contributed by atoms with van der Waals surface area (Å²) in [5.41, 5.74) is 7.50. The first-order valence-corrected chi connectivity index (χ1v) is 26.1. The van der Waals surface area contributed by atoms with E-state index in [1.807, 2.05) is 25.1 Å².